The number of nitrogens with one attached hydrogen (secondary N) is 1. The highest BCUT2D eigenvalue weighted by atomic mass is 35.5. The summed E-state index contributed by atoms with van der Waals surface area (Å²) < 4.78 is 1.92. The Bertz CT molecular complexity index is 534. The molecule has 0 aliphatic carbocycles. The monoisotopic (exact) mass is 277 g/mol. The molecule has 1 aromatic carbocycles. The van der Waals surface area contributed by atoms with Gasteiger partial charge >= 0.3 is 0 Å². The Morgan fingerprint density at radius 3 is 2.84 bits per heavy atom. The summed E-state index contributed by atoms with van der Waals surface area (Å²) in [5.41, 5.74) is 4.71. The lowest BCUT2D eigenvalue weighted by Gasteiger charge is -2.08. The molecular weight excluding hydrogens is 258 g/mol. The summed E-state index contributed by atoms with van der Waals surface area (Å²) in [5.74, 6) is 0.714. The molecule has 0 aliphatic rings. The molecule has 4 heteroatoms. The van der Waals surface area contributed by atoms with E-state index in [4.69, 9.17) is 11.6 Å². The van der Waals surface area contributed by atoms with Crippen molar-refractivity contribution in [1.82, 2.24) is 9.78 Å². The van der Waals surface area contributed by atoms with Gasteiger partial charge in [0, 0.05) is 18.6 Å². The van der Waals surface area contributed by atoms with Crippen molar-refractivity contribution in [2.24, 2.45) is 7.05 Å². The molecule has 1 N–H and O–H groups in total. The molecule has 1 aromatic heterocycles. The zero-order valence-corrected chi connectivity index (χ0v) is 12.2. The highest BCUT2D eigenvalue weighted by Crippen LogP contribution is 2.14. The van der Waals surface area contributed by atoms with Gasteiger partial charge in [-0.2, -0.15) is 5.10 Å². The summed E-state index contributed by atoms with van der Waals surface area (Å²) in [5, 5.41) is 7.78. The van der Waals surface area contributed by atoms with Crippen LogP contribution in [-0.4, -0.2) is 15.7 Å². The predicted octanol–water partition coefficient (Wildman–Crippen LogP) is 3.51. The number of alkyl halides is 1. The van der Waals surface area contributed by atoms with E-state index in [1.165, 1.54) is 11.3 Å². The molecular formula is C15H20ClN3. The number of nitrogens with zero attached hydrogens (tertiary/aromatic N) is 2. The van der Waals surface area contributed by atoms with Crippen LogP contribution < -0.4 is 5.32 Å². The van der Waals surface area contributed by atoms with E-state index in [1.54, 1.807) is 0 Å². The molecule has 3 nitrogen and oxygen atoms in total. The number of anilines is 1. The summed E-state index contributed by atoms with van der Waals surface area (Å²) in [6, 6.07) is 10.6. The second kappa shape index (κ2) is 6.62. The molecule has 2 aromatic rings. The summed E-state index contributed by atoms with van der Waals surface area (Å²) in [6.45, 7) is 2.80. The number of aromatic nitrogens is 2. The average molecular weight is 278 g/mol. The molecule has 0 saturated heterocycles. The van der Waals surface area contributed by atoms with Crippen LogP contribution in [0.25, 0.3) is 0 Å². The standard InChI is InChI=1S/C15H20ClN3/c1-12-9-15(19(2)18-12)11-17-14-7-3-5-13(10-14)6-4-8-16/h3,5,7,9-10,17H,4,6,8,11H2,1-2H3. The van der Waals surface area contributed by atoms with E-state index in [-0.39, 0.29) is 0 Å². The summed E-state index contributed by atoms with van der Waals surface area (Å²) in [4.78, 5) is 0. The summed E-state index contributed by atoms with van der Waals surface area (Å²) in [6.07, 6.45) is 2.05. The maximum atomic E-state index is 5.73. The van der Waals surface area contributed by atoms with Crippen molar-refractivity contribution in [3.05, 3.63) is 47.3 Å². The minimum Gasteiger partial charge on any atom is -0.379 e. The van der Waals surface area contributed by atoms with Crippen molar-refractivity contribution < 1.29 is 0 Å². The molecule has 0 aliphatic heterocycles. The Kier molecular flexibility index (Phi) is 4.86. The number of rotatable bonds is 6. The number of hydrogen-bond donors (Lipinski definition) is 1. The first-order valence-electron chi connectivity index (χ1n) is 6.57. The van der Waals surface area contributed by atoms with Gasteiger partial charge in [0.1, 0.15) is 0 Å². The van der Waals surface area contributed by atoms with Crippen molar-refractivity contribution in [3.63, 3.8) is 0 Å². The van der Waals surface area contributed by atoms with Gasteiger partial charge < -0.3 is 5.32 Å². The topological polar surface area (TPSA) is 29.9 Å². The lowest BCUT2D eigenvalue weighted by Crippen LogP contribution is -2.05. The third-order valence-corrected chi connectivity index (χ3v) is 3.37. The molecule has 0 fully saturated rings. The number of benzene rings is 1. The third kappa shape index (κ3) is 4.00. The molecule has 102 valence electrons. The quantitative estimate of drug-likeness (QED) is 0.819. The smallest absolute Gasteiger partial charge is 0.0597 e. The molecule has 0 amide bonds. The molecule has 2 rings (SSSR count). The molecule has 0 unspecified atom stereocenters. The van der Waals surface area contributed by atoms with Gasteiger partial charge in [-0.1, -0.05) is 12.1 Å². The van der Waals surface area contributed by atoms with E-state index >= 15 is 0 Å². The molecule has 0 atom stereocenters. The van der Waals surface area contributed by atoms with Crippen LogP contribution in [0.4, 0.5) is 5.69 Å². The Hall–Kier alpha value is -1.48. The second-order valence-corrected chi connectivity index (χ2v) is 5.13. The van der Waals surface area contributed by atoms with Crippen molar-refractivity contribution in [3.8, 4) is 0 Å². The summed E-state index contributed by atoms with van der Waals surface area (Å²) in [7, 11) is 1.97. The SMILES string of the molecule is Cc1cc(CNc2cccc(CCCCl)c2)n(C)n1. The van der Waals surface area contributed by atoms with Gasteiger partial charge in [0.25, 0.3) is 0 Å². The maximum Gasteiger partial charge on any atom is 0.0597 e. The lowest BCUT2D eigenvalue weighted by atomic mass is 10.1. The van der Waals surface area contributed by atoms with E-state index < -0.39 is 0 Å². The third-order valence-electron chi connectivity index (χ3n) is 3.10. The fourth-order valence-electron chi connectivity index (χ4n) is 2.13. The van der Waals surface area contributed by atoms with Crippen molar-refractivity contribution in [2.45, 2.75) is 26.3 Å². The van der Waals surface area contributed by atoms with E-state index in [0.29, 0.717) is 5.88 Å². The van der Waals surface area contributed by atoms with Gasteiger partial charge in [-0.3, -0.25) is 4.68 Å². The van der Waals surface area contributed by atoms with Crippen LogP contribution in [0.15, 0.2) is 30.3 Å². The Balaban J connectivity index is 1.97. The van der Waals surface area contributed by atoms with Crippen LogP contribution in [0.3, 0.4) is 0 Å². The predicted molar refractivity (Wildman–Crippen MR) is 80.8 cm³/mol. The van der Waals surface area contributed by atoms with E-state index in [2.05, 4.69) is 40.7 Å². The second-order valence-electron chi connectivity index (χ2n) is 4.75. The highest BCUT2D eigenvalue weighted by molar-refractivity contribution is 6.17. The number of aryl methyl sites for hydroxylation is 3. The van der Waals surface area contributed by atoms with Crippen molar-refractivity contribution in [1.29, 1.82) is 0 Å². The molecule has 0 spiro atoms. The average Bonchev–Trinajstić information content (AvgIpc) is 2.73. The molecule has 0 bridgehead atoms. The largest absolute Gasteiger partial charge is 0.379 e. The fourth-order valence-corrected chi connectivity index (χ4v) is 2.26. The Morgan fingerprint density at radius 1 is 1.32 bits per heavy atom. The lowest BCUT2D eigenvalue weighted by molar-refractivity contribution is 0.713. The number of halogens is 1. The van der Waals surface area contributed by atoms with Gasteiger partial charge in [0.2, 0.25) is 0 Å². The number of hydrogen-bond acceptors (Lipinski definition) is 2. The minimum atomic E-state index is 0.714. The Labute approximate surface area is 119 Å². The van der Waals surface area contributed by atoms with E-state index in [0.717, 1.165) is 30.8 Å². The van der Waals surface area contributed by atoms with E-state index in [1.807, 2.05) is 18.7 Å². The van der Waals surface area contributed by atoms with Crippen LogP contribution in [0.5, 0.6) is 0 Å². The fraction of sp³-hybridized carbons (Fsp3) is 0.400. The first-order valence-corrected chi connectivity index (χ1v) is 7.11. The van der Waals surface area contributed by atoms with E-state index in [9.17, 15) is 0 Å². The molecule has 1 heterocycles. The Morgan fingerprint density at radius 2 is 2.16 bits per heavy atom. The van der Waals surface area contributed by atoms with Gasteiger partial charge in [0.05, 0.1) is 17.9 Å². The first kappa shape index (κ1) is 13.9. The normalized spacial score (nSPS) is 10.7. The first-order chi connectivity index (χ1) is 9.19. The van der Waals surface area contributed by atoms with Crippen LogP contribution >= 0.6 is 11.6 Å². The van der Waals surface area contributed by atoms with Crippen LogP contribution in [0.2, 0.25) is 0 Å². The van der Waals surface area contributed by atoms with Crippen LogP contribution in [0.1, 0.15) is 23.4 Å². The van der Waals surface area contributed by atoms with Crippen molar-refractivity contribution >= 4 is 17.3 Å². The van der Waals surface area contributed by atoms with Gasteiger partial charge in [-0.05, 0) is 43.5 Å². The van der Waals surface area contributed by atoms with Gasteiger partial charge in [-0.25, -0.2) is 0 Å². The summed E-state index contributed by atoms with van der Waals surface area (Å²) >= 11 is 5.73. The molecule has 0 radical (unpaired) electrons. The highest BCUT2D eigenvalue weighted by Gasteiger charge is 2.02. The van der Waals surface area contributed by atoms with Crippen LogP contribution in [-0.2, 0) is 20.0 Å². The molecule has 0 saturated carbocycles. The zero-order valence-electron chi connectivity index (χ0n) is 11.5. The zero-order chi connectivity index (χ0) is 13.7. The van der Waals surface area contributed by atoms with Gasteiger partial charge in [0.15, 0.2) is 0 Å². The van der Waals surface area contributed by atoms with Gasteiger partial charge in [-0.15, -0.1) is 11.6 Å². The minimum absolute atomic E-state index is 0.714. The maximum absolute atomic E-state index is 5.73. The van der Waals surface area contributed by atoms with Crippen molar-refractivity contribution in [2.75, 3.05) is 11.2 Å². The molecule has 19 heavy (non-hydrogen) atoms. The van der Waals surface area contributed by atoms with Crippen LogP contribution in [0, 0.1) is 6.92 Å².